The van der Waals surface area contributed by atoms with Gasteiger partial charge in [0.1, 0.15) is 0 Å². The van der Waals surface area contributed by atoms with Gasteiger partial charge in [0.15, 0.2) is 0 Å². The Morgan fingerprint density at radius 3 is 2.60 bits per heavy atom. The second-order valence-corrected chi connectivity index (χ2v) is 7.67. The van der Waals surface area contributed by atoms with Crippen molar-refractivity contribution in [1.82, 2.24) is 0 Å². The van der Waals surface area contributed by atoms with E-state index in [1.54, 1.807) is 0 Å². The molecular weight excluding hydrogens is 271 g/mol. The highest BCUT2D eigenvalue weighted by atomic mass is 31.1. The smallest absolute Gasteiger partial charge is 0.311 e. The summed E-state index contributed by atoms with van der Waals surface area (Å²) in [6, 6.07) is 0. The minimum absolute atomic E-state index is 0.126. The van der Waals surface area contributed by atoms with Gasteiger partial charge in [-0.15, -0.1) is 0 Å². The largest absolute Gasteiger partial charge is 0.319 e. The number of hydrogen-bond donors (Lipinski definition) is 0. The molecule has 0 aromatic carbocycles. The lowest BCUT2D eigenvalue weighted by atomic mass is 9.75. The Balaban J connectivity index is 2.30. The fourth-order valence-corrected chi connectivity index (χ4v) is 3.99. The molecule has 0 N–H and O–H groups in total. The van der Waals surface area contributed by atoms with Crippen LogP contribution in [-0.4, -0.2) is 12.7 Å². The van der Waals surface area contributed by atoms with E-state index in [0.717, 1.165) is 19.3 Å². The summed E-state index contributed by atoms with van der Waals surface area (Å²) in [5.74, 6) is 1.80. The van der Waals surface area contributed by atoms with Crippen molar-refractivity contribution < 1.29 is 13.6 Å². The maximum absolute atomic E-state index is 12.0. The van der Waals surface area contributed by atoms with Crippen LogP contribution in [0.5, 0.6) is 0 Å². The molecule has 1 fully saturated rings. The van der Waals surface area contributed by atoms with Crippen molar-refractivity contribution in [3.8, 4) is 0 Å². The molecule has 0 spiro atoms. The van der Waals surface area contributed by atoms with Gasteiger partial charge in [-0.25, -0.2) is 0 Å². The molecule has 3 unspecified atom stereocenters. The van der Waals surface area contributed by atoms with Crippen LogP contribution in [0.3, 0.4) is 0 Å². The number of unbranched alkanes of at least 4 members (excludes halogenated alkanes) is 3. The Labute approximate surface area is 125 Å². The highest BCUT2D eigenvalue weighted by molar-refractivity contribution is 7.33. The van der Waals surface area contributed by atoms with Crippen LogP contribution in [0.4, 0.5) is 0 Å². The quantitative estimate of drug-likeness (QED) is 0.419. The molecule has 0 aromatic rings. The molecule has 20 heavy (non-hydrogen) atoms. The van der Waals surface area contributed by atoms with E-state index in [0.29, 0.717) is 24.4 Å². The van der Waals surface area contributed by atoms with Gasteiger partial charge >= 0.3 is 8.25 Å². The average Bonchev–Trinajstić information content (AvgIpc) is 2.38. The topological polar surface area (TPSA) is 35.5 Å². The molecular formula is C16H33O3P. The Hall–Kier alpha value is 0.150. The minimum atomic E-state index is -2.31. The zero-order chi connectivity index (χ0) is 15.0. The average molecular weight is 304 g/mol. The minimum Gasteiger partial charge on any atom is -0.311 e. The fraction of sp³-hybridized carbons (Fsp3) is 1.00. The maximum Gasteiger partial charge on any atom is 0.319 e. The van der Waals surface area contributed by atoms with Gasteiger partial charge in [-0.05, 0) is 37.0 Å². The van der Waals surface area contributed by atoms with Crippen LogP contribution in [-0.2, 0) is 13.6 Å². The highest BCUT2D eigenvalue weighted by Crippen LogP contribution is 2.40. The van der Waals surface area contributed by atoms with Crippen molar-refractivity contribution in [2.24, 2.45) is 17.8 Å². The molecule has 1 aliphatic carbocycles. The molecule has 0 radical (unpaired) electrons. The van der Waals surface area contributed by atoms with E-state index in [2.05, 4.69) is 27.7 Å². The molecule has 0 amide bonds. The maximum atomic E-state index is 12.0. The molecule has 1 rings (SSSR count). The van der Waals surface area contributed by atoms with Gasteiger partial charge in [-0.3, -0.25) is 4.57 Å². The van der Waals surface area contributed by atoms with Gasteiger partial charge in [0.05, 0.1) is 12.7 Å². The van der Waals surface area contributed by atoms with Crippen molar-refractivity contribution in [1.29, 1.82) is 0 Å². The lowest BCUT2D eigenvalue weighted by Gasteiger charge is -2.36. The zero-order valence-corrected chi connectivity index (χ0v) is 14.7. The van der Waals surface area contributed by atoms with E-state index in [1.807, 2.05) is 0 Å². The Bertz CT molecular complexity index is 281. The Morgan fingerprint density at radius 2 is 1.95 bits per heavy atom. The number of hydrogen-bond acceptors (Lipinski definition) is 3. The van der Waals surface area contributed by atoms with Gasteiger partial charge < -0.3 is 9.05 Å². The second-order valence-electron chi connectivity index (χ2n) is 6.64. The van der Waals surface area contributed by atoms with E-state index in [9.17, 15) is 4.57 Å². The van der Waals surface area contributed by atoms with Crippen LogP contribution in [0, 0.1) is 17.8 Å². The van der Waals surface area contributed by atoms with Crippen LogP contribution in [0.25, 0.3) is 0 Å². The third kappa shape index (κ3) is 6.74. The molecule has 4 atom stereocenters. The third-order valence-electron chi connectivity index (χ3n) is 4.43. The van der Waals surface area contributed by atoms with Crippen molar-refractivity contribution >= 4 is 8.25 Å². The first-order valence-corrected chi connectivity index (χ1v) is 9.60. The number of rotatable bonds is 9. The first-order valence-electron chi connectivity index (χ1n) is 8.38. The monoisotopic (exact) mass is 304 g/mol. The van der Waals surface area contributed by atoms with E-state index in [4.69, 9.17) is 9.05 Å². The summed E-state index contributed by atoms with van der Waals surface area (Å²) in [4.78, 5) is 0. The molecule has 0 aromatic heterocycles. The Morgan fingerprint density at radius 1 is 1.20 bits per heavy atom. The summed E-state index contributed by atoms with van der Waals surface area (Å²) in [5.41, 5.74) is 0. The standard InChI is InChI=1S/C16H33O3P/c1-5-6-7-8-11-18-20(17)19-16-12-14(4)9-10-15(16)13(2)3/h13-16,20H,5-12H2,1-4H3/t14-,15?,16?/m0/s1. The van der Waals surface area contributed by atoms with Crippen molar-refractivity contribution in [2.45, 2.75) is 78.7 Å². The first kappa shape index (κ1) is 18.2. The summed E-state index contributed by atoms with van der Waals surface area (Å²) in [7, 11) is -2.31. The highest BCUT2D eigenvalue weighted by Gasteiger charge is 2.32. The molecule has 120 valence electrons. The van der Waals surface area contributed by atoms with Gasteiger partial charge in [-0.1, -0.05) is 53.4 Å². The van der Waals surface area contributed by atoms with Crippen LogP contribution in [0.15, 0.2) is 0 Å². The van der Waals surface area contributed by atoms with E-state index in [1.165, 1.54) is 25.7 Å². The zero-order valence-electron chi connectivity index (χ0n) is 13.7. The summed E-state index contributed by atoms with van der Waals surface area (Å²) in [5, 5.41) is 0. The van der Waals surface area contributed by atoms with Crippen molar-refractivity contribution in [3.63, 3.8) is 0 Å². The SMILES string of the molecule is CCCCCCO[PH](=O)OC1C[C@@H](C)CCC1C(C)C. The van der Waals surface area contributed by atoms with Gasteiger partial charge in [0.25, 0.3) is 0 Å². The molecule has 1 aliphatic rings. The second kappa shape index (κ2) is 9.97. The summed E-state index contributed by atoms with van der Waals surface area (Å²) < 4.78 is 23.1. The van der Waals surface area contributed by atoms with E-state index in [-0.39, 0.29) is 6.10 Å². The Kier molecular flexibility index (Phi) is 9.08. The molecule has 0 bridgehead atoms. The third-order valence-corrected chi connectivity index (χ3v) is 5.36. The summed E-state index contributed by atoms with van der Waals surface area (Å²) >= 11 is 0. The molecule has 4 heteroatoms. The first-order chi connectivity index (χ1) is 9.54. The molecule has 1 saturated carbocycles. The van der Waals surface area contributed by atoms with Crippen LogP contribution < -0.4 is 0 Å². The van der Waals surface area contributed by atoms with Gasteiger partial charge in [-0.2, -0.15) is 0 Å². The summed E-state index contributed by atoms with van der Waals surface area (Å²) in [6.45, 7) is 9.49. The van der Waals surface area contributed by atoms with Crippen LogP contribution in [0.2, 0.25) is 0 Å². The molecule has 0 saturated heterocycles. The summed E-state index contributed by atoms with van der Waals surface area (Å²) in [6.07, 6.45) is 8.18. The predicted octanol–water partition coefficient (Wildman–Crippen LogP) is 5.45. The van der Waals surface area contributed by atoms with E-state index >= 15 is 0 Å². The lowest BCUT2D eigenvalue weighted by molar-refractivity contribution is 0.0382. The van der Waals surface area contributed by atoms with Crippen molar-refractivity contribution in [3.05, 3.63) is 0 Å². The normalized spacial score (nSPS) is 28.8. The fourth-order valence-electron chi connectivity index (χ4n) is 3.09. The molecule has 0 aliphatic heterocycles. The lowest BCUT2D eigenvalue weighted by Crippen LogP contribution is -2.32. The van der Waals surface area contributed by atoms with Crippen LogP contribution >= 0.6 is 8.25 Å². The van der Waals surface area contributed by atoms with Gasteiger partial charge in [0, 0.05) is 0 Å². The van der Waals surface area contributed by atoms with E-state index < -0.39 is 8.25 Å². The van der Waals surface area contributed by atoms with Crippen LogP contribution in [0.1, 0.15) is 72.6 Å². The predicted molar refractivity (Wildman–Crippen MR) is 85.3 cm³/mol. The molecule has 3 nitrogen and oxygen atoms in total. The molecule has 0 heterocycles. The van der Waals surface area contributed by atoms with Gasteiger partial charge in [0.2, 0.25) is 0 Å². The van der Waals surface area contributed by atoms with Crippen molar-refractivity contribution in [2.75, 3.05) is 6.61 Å².